The maximum atomic E-state index is 11.5. The summed E-state index contributed by atoms with van der Waals surface area (Å²) in [6.07, 6.45) is 2.80. The van der Waals surface area contributed by atoms with Gasteiger partial charge in [0.05, 0.1) is 12.2 Å². The van der Waals surface area contributed by atoms with Gasteiger partial charge in [-0.25, -0.2) is 0 Å². The third-order valence-electron chi connectivity index (χ3n) is 2.23. The number of nitrogens with one attached hydrogen (secondary N) is 1. The van der Waals surface area contributed by atoms with Gasteiger partial charge >= 0.3 is 0 Å². The Morgan fingerprint density at radius 2 is 2.21 bits per heavy atom. The highest BCUT2D eigenvalue weighted by atomic mass is 16.2. The highest BCUT2D eigenvalue weighted by Gasteiger charge is 2.21. The second-order valence-corrected chi connectivity index (χ2v) is 4.68. The zero-order valence-electron chi connectivity index (χ0n) is 9.35. The largest absolute Gasteiger partial charge is 0.350 e. The van der Waals surface area contributed by atoms with Crippen molar-refractivity contribution in [1.82, 2.24) is 5.32 Å². The number of amides is 1. The zero-order valence-corrected chi connectivity index (χ0v) is 9.35. The van der Waals surface area contributed by atoms with Gasteiger partial charge in [0.2, 0.25) is 5.91 Å². The Morgan fingerprint density at radius 1 is 1.57 bits per heavy atom. The van der Waals surface area contributed by atoms with Gasteiger partial charge in [0.25, 0.3) is 0 Å². The fraction of sp³-hybridized carbons (Fsp3) is 0.636. The molecule has 0 aliphatic carbocycles. The lowest BCUT2D eigenvalue weighted by Crippen LogP contribution is -2.35. The van der Waals surface area contributed by atoms with E-state index >= 15 is 0 Å². The van der Waals surface area contributed by atoms with Crippen LogP contribution in [0.2, 0.25) is 0 Å². The molecular formula is C11H18N2O. The molecule has 3 nitrogen and oxygen atoms in total. The van der Waals surface area contributed by atoms with Crippen LogP contribution >= 0.6 is 0 Å². The lowest BCUT2D eigenvalue weighted by molar-refractivity contribution is -0.128. The van der Waals surface area contributed by atoms with E-state index < -0.39 is 0 Å². The van der Waals surface area contributed by atoms with Crippen molar-refractivity contribution in [3.8, 4) is 0 Å². The molecular weight excluding hydrogens is 176 g/mol. The maximum Gasteiger partial charge on any atom is 0.225 e. The summed E-state index contributed by atoms with van der Waals surface area (Å²) in [4.78, 5) is 15.8. The summed E-state index contributed by atoms with van der Waals surface area (Å²) in [5, 5.41) is 2.88. The molecule has 0 saturated carbocycles. The average Bonchev–Trinajstić information content (AvgIpc) is 2.45. The molecule has 1 aliphatic heterocycles. The van der Waals surface area contributed by atoms with Crippen LogP contribution in [0.4, 0.5) is 0 Å². The van der Waals surface area contributed by atoms with Crippen molar-refractivity contribution in [3.63, 3.8) is 0 Å². The number of aliphatic imine (C=N–C) groups is 1. The van der Waals surface area contributed by atoms with E-state index in [4.69, 9.17) is 0 Å². The van der Waals surface area contributed by atoms with Crippen molar-refractivity contribution in [2.24, 2.45) is 10.4 Å². The van der Waals surface area contributed by atoms with E-state index in [0.717, 1.165) is 12.1 Å². The first-order chi connectivity index (χ1) is 6.41. The smallest absolute Gasteiger partial charge is 0.225 e. The molecule has 1 amide bonds. The molecule has 1 N–H and O–H groups in total. The monoisotopic (exact) mass is 194 g/mol. The summed E-state index contributed by atoms with van der Waals surface area (Å²) in [7, 11) is 0. The minimum Gasteiger partial charge on any atom is -0.350 e. The highest BCUT2D eigenvalue weighted by Crippen LogP contribution is 2.16. The number of rotatable bonds is 2. The third-order valence-corrected chi connectivity index (χ3v) is 2.23. The van der Waals surface area contributed by atoms with Gasteiger partial charge < -0.3 is 5.32 Å². The Kier molecular flexibility index (Phi) is 3.09. The average molecular weight is 194 g/mol. The maximum absolute atomic E-state index is 11.5. The van der Waals surface area contributed by atoms with Crippen LogP contribution in [0, 0.1) is 5.41 Å². The second kappa shape index (κ2) is 3.95. The molecule has 14 heavy (non-hydrogen) atoms. The SMILES string of the molecule is CC1=C(CNC(=O)C(C)(C)C)N=CC1. The zero-order chi connectivity index (χ0) is 10.8. The van der Waals surface area contributed by atoms with Crippen molar-refractivity contribution in [2.45, 2.75) is 34.1 Å². The van der Waals surface area contributed by atoms with E-state index in [1.807, 2.05) is 33.9 Å². The van der Waals surface area contributed by atoms with Crippen molar-refractivity contribution in [1.29, 1.82) is 0 Å². The quantitative estimate of drug-likeness (QED) is 0.716. The molecule has 0 aromatic rings. The van der Waals surface area contributed by atoms with Crippen LogP contribution < -0.4 is 5.32 Å². The molecule has 0 aromatic heterocycles. The molecule has 3 heteroatoms. The Morgan fingerprint density at radius 3 is 2.64 bits per heavy atom. The van der Waals surface area contributed by atoms with Crippen LogP contribution in [-0.2, 0) is 4.79 Å². The Labute approximate surface area is 85.3 Å². The van der Waals surface area contributed by atoms with Crippen molar-refractivity contribution in [2.75, 3.05) is 6.54 Å². The molecule has 1 aliphatic rings. The highest BCUT2D eigenvalue weighted by molar-refractivity contribution is 5.81. The minimum absolute atomic E-state index is 0.0694. The summed E-state index contributed by atoms with van der Waals surface area (Å²) < 4.78 is 0. The standard InChI is InChI=1S/C11H18N2O/c1-8-5-6-12-9(8)7-13-10(14)11(2,3)4/h6H,5,7H2,1-4H3,(H,13,14). The number of hydrogen-bond donors (Lipinski definition) is 1. The van der Waals surface area contributed by atoms with Gasteiger partial charge in [-0.1, -0.05) is 20.8 Å². The van der Waals surface area contributed by atoms with Gasteiger partial charge in [0, 0.05) is 18.1 Å². The van der Waals surface area contributed by atoms with Gasteiger partial charge in [-0.05, 0) is 12.5 Å². The Bertz CT molecular complexity index is 295. The van der Waals surface area contributed by atoms with Crippen LogP contribution in [0.5, 0.6) is 0 Å². The van der Waals surface area contributed by atoms with Gasteiger partial charge in [-0.3, -0.25) is 9.79 Å². The molecule has 0 aromatic carbocycles. The number of carbonyl (C=O) groups is 1. The van der Waals surface area contributed by atoms with E-state index in [0.29, 0.717) is 6.54 Å². The molecule has 0 radical (unpaired) electrons. The van der Waals surface area contributed by atoms with Crippen LogP contribution in [0.15, 0.2) is 16.3 Å². The van der Waals surface area contributed by atoms with Crippen LogP contribution in [-0.4, -0.2) is 18.7 Å². The van der Waals surface area contributed by atoms with Crippen LogP contribution in [0.3, 0.4) is 0 Å². The fourth-order valence-corrected chi connectivity index (χ4v) is 1.15. The van der Waals surface area contributed by atoms with Gasteiger partial charge in [0.15, 0.2) is 0 Å². The lowest BCUT2D eigenvalue weighted by Gasteiger charge is -2.17. The Balaban J connectivity index is 2.46. The summed E-state index contributed by atoms with van der Waals surface area (Å²) in [6.45, 7) is 8.31. The molecule has 0 unspecified atom stereocenters. The van der Waals surface area contributed by atoms with Gasteiger partial charge in [-0.2, -0.15) is 0 Å². The first-order valence-electron chi connectivity index (χ1n) is 4.90. The summed E-state index contributed by atoms with van der Waals surface area (Å²) in [5.41, 5.74) is 1.93. The first-order valence-corrected chi connectivity index (χ1v) is 4.90. The number of carbonyl (C=O) groups excluding carboxylic acids is 1. The van der Waals surface area contributed by atoms with E-state index in [2.05, 4.69) is 10.3 Å². The summed E-state index contributed by atoms with van der Waals surface area (Å²) in [6, 6.07) is 0. The van der Waals surface area contributed by atoms with Gasteiger partial charge in [-0.15, -0.1) is 0 Å². The number of nitrogens with zero attached hydrogens (tertiary/aromatic N) is 1. The van der Waals surface area contributed by atoms with Crippen LogP contribution in [0.1, 0.15) is 34.1 Å². The second-order valence-electron chi connectivity index (χ2n) is 4.68. The molecule has 78 valence electrons. The van der Waals surface area contributed by atoms with Crippen molar-refractivity contribution < 1.29 is 4.79 Å². The molecule has 0 bridgehead atoms. The number of allylic oxidation sites excluding steroid dienone is 1. The van der Waals surface area contributed by atoms with Crippen molar-refractivity contribution in [3.05, 3.63) is 11.3 Å². The first kappa shape index (κ1) is 11.0. The van der Waals surface area contributed by atoms with Gasteiger partial charge in [0.1, 0.15) is 0 Å². The lowest BCUT2D eigenvalue weighted by atomic mass is 9.96. The van der Waals surface area contributed by atoms with E-state index in [9.17, 15) is 4.79 Å². The third kappa shape index (κ3) is 2.69. The minimum atomic E-state index is -0.323. The molecule has 0 atom stereocenters. The summed E-state index contributed by atoms with van der Waals surface area (Å²) in [5.74, 6) is 0.0694. The predicted octanol–water partition coefficient (Wildman–Crippen LogP) is 1.90. The Hall–Kier alpha value is -1.12. The molecule has 1 rings (SSSR count). The molecule has 0 saturated heterocycles. The fourth-order valence-electron chi connectivity index (χ4n) is 1.15. The van der Waals surface area contributed by atoms with E-state index in [1.165, 1.54) is 5.57 Å². The van der Waals surface area contributed by atoms with E-state index in [1.54, 1.807) is 0 Å². The normalized spacial score (nSPS) is 16.3. The number of hydrogen-bond acceptors (Lipinski definition) is 2. The van der Waals surface area contributed by atoms with Crippen molar-refractivity contribution >= 4 is 12.1 Å². The summed E-state index contributed by atoms with van der Waals surface area (Å²) >= 11 is 0. The molecule has 0 spiro atoms. The topological polar surface area (TPSA) is 41.5 Å². The van der Waals surface area contributed by atoms with E-state index in [-0.39, 0.29) is 11.3 Å². The molecule has 1 heterocycles. The predicted molar refractivity (Wildman–Crippen MR) is 58.3 cm³/mol. The molecule has 0 fully saturated rings. The van der Waals surface area contributed by atoms with Crippen LogP contribution in [0.25, 0.3) is 0 Å².